The number of halogens is 1. The van der Waals surface area contributed by atoms with Crippen molar-refractivity contribution in [3.8, 4) is 5.75 Å². The van der Waals surface area contributed by atoms with Crippen LogP contribution in [0.4, 0.5) is 0 Å². The summed E-state index contributed by atoms with van der Waals surface area (Å²) in [5, 5.41) is 4.83. The van der Waals surface area contributed by atoms with Gasteiger partial charge in [0.1, 0.15) is 5.75 Å². The van der Waals surface area contributed by atoms with Crippen molar-refractivity contribution in [2.45, 2.75) is 19.3 Å². The lowest BCUT2D eigenvalue weighted by molar-refractivity contribution is 0.254. The van der Waals surface area contributed by atoms with Crippen LogP contribution in [-0.4, -0.2) is 24.7 Å². The Bertz CT molecular complexity index is 678. The Morgan fingerprint density at radius 3 is 2.86 bits per heavy atom. The van der Waals surface area contributed by atoms with Gasteiger partial charge in [0.25, 0.3) is 0 Å². The van der Waals surface area contributed by atoms with Crippen molar-refractivity contribution in [1.82, 2.24) is 10.3 Å². The fourth-order valence-electron chi connectivity index (χ4n) is 2.83. The molecule has 1 aliphatic heterocycles. The maximum atomic E-state index is 11.4. The molecule has 2 heterocycles. The molecule has 0 saturated carbocycles. The van der Waals surface area contributed by atoms with Crippen molar-refractivity contribution in [2.24, 2.45) is 5.92 Å². The molecule has 0 spiro atoms. The van der Waals surface area contributed by atoms with Crippen LogP contribution in [0.5, 0.6) is 5.75 Å². The van der Waals surface area contributed by atoms with Gasteiger partial charge in [-0.25, -0.2) is 0 Å². The molecule has 0 bridgehead atoms. The van der Waals surface area contributed by atoms with Gasteiger partial charge in [0.2, 0.25) is 5.56 Å². The molecular formula is C16H19ClN2O2. The fourth-order valence-corrected chi connectivity index (χ4v) is 3.04. The number of rotatable bonds is 4. The first kappa shape index (κ1) is 14.4. The topological polar surface area (TPSA) is 54.1 Å². The maximum Gasteiger partial charge on any atom is 0.248 e. The second-order valence-electron chi connectivity index (χ2n) is 5.52. The van der Waals surface area contributed by atoms with Gasteiger partial charge in [0.05, 0.1) is 12.1 Å². The molecule has 3 rings (SSSR count). The summed E-state index contributed by atoms with van der Waals surface area (Å²) < 4.78 is 5.92. The van der Waals surface area contributed by atoms with E-state index in [1.165, 1.54) is 18.9 Å². The summed E-state index contributed by atoms with van der Waals surface area (Å²) >= 11 is 6.09. The summed E-state index contributed by atoms with van der Waals surface area (Å²) in [4.78, 5) is 14.2. The lowest BCUT2D eigenvalue weighted by Gasteiger charge is -2.22. The first-order valence-corrected chi connectivity index (χ1v) is 7.76. The van der Waals surface area contributed by atoms with Crippen molar-refractivity contribution in [3.05, 3.63) is 39.6 Å². The van der Waals surface area contributed by atoms with Gasteiger partial charge >= 0.3 is 0 Å². The molecule has 1 aromatic heterocycles. The first-order chi connectivity index (χ1) is 10.2. The summed E-state index contributed by atoms with van der Waals surface area (Å²) in [6.07, 6.45) is 3.49. The number of hydrogen-bond donors (Lipinski definition) is 2. The molecule has 1 aromatic carbocycles. The highest BCUT2D eigenvalue weighted by molar-refractivity contribution is 6.31. The van der Waals surface area contributed by atoms with E-state index in [9.17, 15) is 4.79 Å². The summed E-state index contributed by atoms with van der Waals surface area (Å²) in [6.45, 7) is 2.89. The number of aromatic amines is 1. The van der Waals surface area contributed by atoms with Crippen LogP contribution >= 0.6 is 11.6 Å². The van der Waals surface area contributed by atoms with E-state index in [0.29, 0.717) is 17.1 Å². The number of H-pyrrole nitrogens is 1. The molecule has 0 unspecified atom stereocenters. The third kappa shape index (κ3) is 3.57. The van der Waals surface area contributed by atoms with Gasteiger partial charge in [0, 0.05) is 16.5 Å². The standard InChI is InChI=1S/C16H19ClN2O2/c17-12-9-14-13(1-2-16(20)19-14)15(10-12)21-8-5-11-3-6-18-7-4-11/h1-2,9-11,18H,3-8H2,(H,19,20). The number of benzene rings is 1. The van der Waals surface area contributed by atoms with Crippen LogP contribution in [0, 0.1) is 5.92 Å². The van der Waals surface area contributed by atoms with E-state index in [4.69, 9.17) is 16.3 Å². The molecule has 1 saturated heterocycles. The van der Waals surface area contributed by atoms with Crippen LogP contribution in [0.25, 0.3) is 10.9 Å². The van der Waals surface area contributed by atoms with E-state index in [2.05, 4.69) is 10.3 Å². The SMILES string of the molecule is O=c1ccc2c(OCCC3CCNCC3)cc(Cl)cc2[nH]1. The van der Waals surface area contributed by atoms with Gasteiger partial charge in [-0.3, -0.25) is 4.79 Å². The van der Waals surface area contributed by atoms with Gasteiger partial charge in [-0.2, -0.15) is 0 Å². The highest BCUT2D eigenvalue weighted by Gasteiger charge is 2.13. The highest BCUT2D eigenvalue weighted by atomic mass is 35.5. The Morgan fingerprint density at radius 1 is 1.24 bits per heavy atom. The molecule has 4 nitrogen and oxygen atoms in total. The van der Waals surface area contributed by atoms with E-state index in [1.54, 1.807) is 12.1 Å². The second kappa shape index (κ2) is 6.50. The Kier molecular flexibility index (Phi) is 4.46. The van der Waals surface area contributed by atoms with Crippen molar-refractivity contribution < 1.29 is 4.74 Å². The average molecular weight is 307 g/mol. The van der Waals surface area contributed by atoms with Crippen LogP contribution in [0.15, 0.2) is 29.1 Å². The number of piperidine rings is 1. The van der Waals surface area contributed by atoms with E-state index >= 15 is 0 Å². The zero-order chi connectivity index (χ0) is 14.7. The predicted molar refractivity (Wildman–Crippen MR) is 85.3 cm³/mol. The highest BCUT2D eigenvalue weighted by Crippen LogP contribution is 2.28. The smallest absolute Gasteiger partial charge is 0.248 e. The van der Waals surface area contributed by atoms with E-state index < -0.39 is 0 Å². The molecule has 0 amide bonds. The van der Waals surface area contributed by atoms with E-state index in [-0.39, 0.29) is 5.56 Å². The number of nitrogens with one attached hydrogen (secondary N) is 2. The number of pyridine rings is 1. The fraction of sp³-hybridized carbons (Fsp3) is 0.438. The summed E-state index contributed by atoms with van der Waals surface area (Å²) in [6, 6.07) is 6.85. The third-order valence-electron chi connectivity index (χ3n) is 4.01. The molecular weight excluding hydrogens is 288 g/mol. The third-order valence-corrected chi connectivity index (χ3v) is 4.23. The monoisotopic (exact) mass is 306 g/mol. The van der Waals surface area contributed by atoms with Crippen LogP contribution in [0.2, 0.25) is 5.02 Å². The number of fused-ring (bicyclic) bond motifs is 1. The Balaban J connectivity index is 1.72. The predicted octanol–water partition coefficient (Wildman–Crippen LogP) is 2.95. The maximum absolute atomic E-state index is 11.4. The lowest BCUT2D eigenvalue weighted by atomic mass is 9.95. The average Bonchev–Trinajstić information content (AvgIpc) is 2.47. The lowest BCUT2D eigenvalue weighted by Crippen LogP contribution is -2.28. The van der Waals surface area contributed by atoms with Gasteiger partial charge in [-0.1, -0.05) is 11.6 Å². The van der Waals surface area contributed by atoms with Crippen molar-refractivity contribution in [3.63, 3.8) is 0 Å². The molecule has 0 atom stereocenters. The largest absolute Gasteiger partial charge is 0.493 e. The van der Waals surface area contributed by atoms with Crippen molar-refractivity contribution in [2.75, 3.05) is 19.7 Å². The minimum atomic E-state index is -0.134. The molecule has 1 aliphatic rings. The molecule has 1 fully saturated rings. The van der Waals surface area contributed by atoms with Crippen LogP contribution < -0.4 is 15.6 Å². The normalized spacial score (nSPS) is 16.2. The Labute approximate surface area is 128 Å². The van der Waals surface area contributed by atoms with Crippen LogP contribution in [-0.2, 0) is 0 Å². The zero-order valence-corrected chi connectivity index (χ0v) is 12.6. The number of aromatic nitrogens is 1. The Morgan fingerprint density at radius 2 is 2.05 bits per heavy atom. The van der Waals surface area contributed by atoms with Gasteiger partial charge in [-0.15, -0.1) is 0 Å². The molecule has 0 aliphatic carbocycles. The minimum Gasteiger partial charge on any atom is -0.493 e. The Hall–Kier alpha value is -1.52. The van der Waals surface area contributed by atoms with E-state index in [0.717, 1.165) is 36.6 Å². The number of ether oxygens (including phenoxy) is 1. The molecule has 2 N–H and O–H groups in total. The summed E-state index contributed by atoms with van der Waals surface area (Å²) in [5.41, 5.74) is 0.581. The summed E-state index contributed by atoms with van der Waals surface area (Å²) in [7, 11) is 0. The van der Waals surface area contributed by atoms with Crippen LogP contribution in [0.3, 0.4) is 0 Å². The van der Waals surface area contributed by atoms with Gasteiger partial charge in [-0.05, 0) is 56.5 Å². The quantitative estimate of drug-likeness (QED) is 0.913. The molecule has 21 heavy (non-hydrogen) atoms. The summed E-state index contributed by atoms with van der Waals surface area (Å²) in [5.74, 6) is 1.47. The second-order valence-corrected chi connectivity index (χ2v) is 5.95. The van der Waals surface area contributed by atoms with Gasteiger partial charge in [0.15, 0.2) is 0 Å². The van der Waals surface area contributed by atoms with Crippen LogP contribution in [0.1, 0.15) is 19.3 Å². The number of hydrogen-bond acceptors (Lipinski definition) is 3. The minimum absolute atomic E-state index is 0.134. The molecule has 112 valence electrons. The molecule has 5 heteroatoms. The van der Waals surface area contributed by atoms with Crippen molar-refractivity contribution >= 4 is 22.5 Å². The molecule has 2 aromatic rings. The molecule has 0 radical (unpaired) electrons. The van der Waals surface area contributed by atoms with E-state index in [1.807, 2.05) is 6.07 Å². The first-order valence-electron chi connectivity index (χ1n) is 7.38. The zero-order valence-electron chi connectivity index (χ0n) is 11.8. The van der Waals surface area contributed by atoms with Crippen molar-refractivity contribution in [1.29, 1.82) is 0 Å². The van der Waals surface area contributed by atoms with Gasteiger partial charge < -0.3 is 15.0 Å².